The van der Waals surface area contributed by atoms with Crippen LogP contribution in [-0.2, 0) is 18.9 Å². The number of alkyl halides is 6. The fraction of sp³-hybridized carbons (Fsp3) is 0.200. The monoisotopic (exact) mass is 421 g/mol. The predicted octanol–water partition coefficient (Wildman–Crippen LogP) is 5.39. The van der Waals surface area contributed by atoms with Crippen LogP contribution in [0.1, 0.15) is 28.1 Å². The topological polar surface area (TPSA) is 41.6 Å². The van der Waals surface area contributed by atoms with Crippen molar-refractivity contribution >= 4 is 7.85 Å². The third-order valence-electron chi connectivity index (χ3n) is 3.96. The molecule has 0 saturated carbocycles. The highest BCUT2D eigenvalue weighted by Gasteiger charge is 2.32. The van der Waals surface area contributed by atoms with Crippen LogP contribution in [0.2, 0.25) is 0 Å². The van der Waals surface area contributed by atoms with Gasteiger partial charge in [0.15, 0.2) is 0 Å². The molecule has 2 radical (unpaired) electrons. The zero-order valence-electron chi connectivity index (χ0n) is 15.3. The van der Waals surface area contributed by atoms with Gasteiger partial charge in [0.2, 0.25) is 0 Å². The molecule has 3 aromatic rings. The number of nitrogens with zero attached hydrogens (tertiary/aromatic N) is 3. The van der Waals surface area contributed by atoms with Crippen molar-refractivity contribution in [3.63, 3.8) is 0 Å². The second-order valence-corrected chi connectivity index (χ2v) is 6.12. The lowest BCUT2D eigenvalue weighted by Crippen LogP contribution is -2.09. The second-order valence-electron chi connectivity index (χ2n) is 6.12. The highest BCUT2D eigenvalue weighted by atomic mass is 19.4. The van der Waals surface area contributed by atoms with Gasteiger partial charge in [-0.2, -0.15) is 31.6 Å². The number of hydrogen-bond acceptors (Lipinski definition) is 2. The summed E-state index contributed by atoms with van der Waals surface area (Å²) in [6, 6.07) is 10.5. The fourth-order valence-electron chi connectivity index (χ4n) is 2.47. The maximum Gasteiger partial charge on any atom is 0.416 e. The maximum absolute atomic E-state index is 12.7. The van der Waals surface area contributed by atoms with Gasteiger partial charge in [-0.05, 0) is 29.1 Å². The molecule has 0 aliphatic heterocycles. The van der Waals surface area contributed by atoms with Gasteiger partial charge in [0.25, 0.3) is 0 Å². The van der Waals surface area contributed by atoms with E-state index in [4.69, 9.17) is 13.1 Å². The van der Waals surface area contributed by atoms with E-state index < -0.39 is 29.3 Å². The maximum atomic E-state index is 12.7. The summed E-state index contributed by atoms with van der Waals surface area (Å²) in [5.41, 5.74) is -1.61. The first-order chi connectivity index (χ1) is 14.0. The summed E-state index contributed by atoms with van der Waals surface area (Å²) < 4.78 is 77.7. The van der Waals surface area contributed by atoms with E-state index in [1.165, 1.54) is 24.3 Å². The van der Waals surface area contributed by atoms with E-state index in [1.54, 1.807) is 23.3 Å². The summed E-state index contributed by atoms with van der Waals surface area (Å²) in [4.78, 5) is 3.75. The minimum atomic E-state index is -4.54. The smallest absolute Gasteiger partial charge is 0.324 e. The molecule has 30 heavy (non-hydrogen) atoms. The Kier molecular flexibility index (Phi) is 7.32. The first kappa shape index (κ1) is 23.1. The van der Waals surface area contributed by atoms with Crippen molar-refractivity contribution in [3.8, 4) is 6.07 Å². The van der Waals surface area contributed by atoms with Crippen LogP contribution in [0.15, 0.2) is 67.3 Å². The van der Waals surface area contributed by atoms with E-state index in [2.05, 4.69) is 4.98 Å². The molecule has 0 saturated heterocycles. The molecule has 0 fully saturated rings. The van der Waals surface area contributed by atoms with Gasteiger partial charge in [0.1, 0.15) is 6.54 Å². The Morgan fingerprint density at radius 1 is 0.933 bits per heavy atom. The van der Waals surface area contributed by atoms with Gasteiger partial charge in [-0.3, -0.25) is 0 Å². The van der Waals surface area contributed by atoms with Crippen LogP contribution in [0.3, 0.4) is 0 Å². The lowest BCUT2D eigenvalue weighted by molar-refractivity contribution is -0.138. The first-order valence-electron chi connectivity index (χ1n) is 8.45. The summed E-state index contributed by atoms with van der Waals surface area (Å²) in [6.07, 6.45) is -4.06. The molecule has 0 atom stereocenters. The van der Waals surface area contributed by atoms with Gasteiger partial charge in [-0.25, -0.2) is 4.98 Å². The van der Waals surface area contributed by atoms with Crippen LogP contribution in [0.25, 0.3) is 0 Å². The Bertz CT molecular complexity index is 933. The van der Waals surface area contributed by atoms with Crippen molar-refractivity contribution in [3.05, 3.63) is 89.5 Å². The minimum absolute atomic E-state index is 0.0918. The highest BCUT2D eigenvalue weighted by Crippen LogP contribution is 2.34. The molecule has 1 heterocycles. The van der Waals surface area contributed by atoms with Crippen molar-refractivity contribution in [1.82, 2.24) is 9.55 Å². The van der Waals surface area contributed by atoms with Gasteiger partial charge in [0.05, 0.1) is 31.4 Å². The van der Waals surface area contributed by atoms with Crippen LogP contribution in [0.5, 0.6) is 0 Å². The second kappa shape index (κ2) is 9.52. The van der Waals surface area contributed by atoms with E-state index in [0.717, 1.165) is 24.3 Å². The zero-order valence-corrected chi connectivity index (χ0v) is 15.3. The SMILES string of the molecule is N#CCn1ccnc1.[B]C(c1cccc(C(F)(F)F)c1)c1cccc(C(F)(F)F)c1. The Morgan fingerprint density at radius 3 is 1.80 bits per heavy atom. The molecular formula is C20H14BF6N3. The summed E-state index contributed by atoms with van der Waals surface area (Å²) >= 11 is 0. The summed E-state index contributed by atoms with van der Waals surface area (Å²) in [7, 11) is 5.81. The van der Waals surface area contributed by atoms with Gasteiger partial charge in [-0.1, -0.05) is 36.4 Å². The number of hydrogen-bond donors (Lipinski definition) is 0. The Morgan fingerprint density at radius 2 is 1.43 bits per heavy atom. The molecule has 0 bridgehead atoms. The van der Waals surface area contributed by atoms with Crippen molar-refractivity contribution in [2.45, 2.75) is 24.7 Å². The van der Waals surface area contributed by atoms with Crippen molar-refractivity contribution in [2.24, 2.45) is 0 Å². The van der Waals surface area contributed by atoms with Crippen LogP contribution >= 0.6 is 0 Å². The molecule has 0 N–H and O–H groups in total. The highest BCUT2D eigenvalue weighted by molar-refractivity contribution is 6.14. The normalized spacial score (nSPS) is 11.5. The number of aromatic nitrogens is 2. The number of nitriles is 1. The number of rotatable bonds is 3. The average molecular weight is 421 g/mol. The largest absolute Gasteiger partial charge is 0.416 e. The quantitative estimate of drug-likeness (QED) is 0.421. The third kappa shape index (κ3) is 6.41. The van der Waals surface area contributed by atoms with Crippen LogP contribution in [0, 0.1) is 11.3 Å². The molecule has 1 aromatic heterocycles. The third-order valence-corrected chi connectivity index (χ3v) is 3.96. The zero-order chi connectivity index (χ0) is 22.4. The molecule has 0 aliphatic carbocycles. The van der Waals surface area contributed by atoms with Crippen LogP contribution in [-0.4, -0.2) is 17.4 Å². The van der Waals surface area contributed by atoms with Gasteiger partial charge in [0, 0.05) is 12.4 Å². The van der Waals surface area contributed by atoms with Crippen molar-refractivity contribution in [2.75, 3.05) is 0 Å². The van der Waals surface area contributed by atoms with E-state index in [-0.39, 0.29) is 11.1 Å². The van der Waals surface area contributed by atoms with E-state index in [0.29, 0.717) is 6.54 Å². The van der Waals surface area contributed by atoms with Crippen LogP contribution < -0.4 is 0 Å². The summed E-state index contributed by atoms with van der Waals surface area (Å²) in [5.74, 6) is -1.08. The Hall–Kier alpha value is -3.22. The predicted molar refractivity (Wildman–Crippen MR) is 98.3 cm³/mol. The van der Waals surface area contributed by atoms with E-state index >= 15 is 0 Å². The minimum Gasteiger partial charge on any atom is -0.324 e. The first-order valence-corrected chi connectivity index (χ1v) is 8.45. The van der Waals surface area contributed by atoms with Gasteiger partial charge < -0.3 is 4.57 Å². The van der Waals surface area contributed by atoms with E-state index in [9.17, 15) is 26.3 Å². The Balaban J connectivity index is 0.000000335. The summed E-state index contributed by atoms with van der Waals surface area (Å²) in [6.45, 7) is 0.389. The molecule has 0 unspecified atom stereocenters. The fourth-order valence-corrected chi connectivity index (χ4v) is 2.47. The molecule has 0 spiro atoms. The lowest BCUT2D eigenvalue weighted by Gasteiger charge is -2.17. The molecule has 0 amide bonds. The molecular weight excluding hydrogens is 407 g/mol. The number of halogens is 6. The molecule has 154 valence electrons. The number of imidazole rings is 1. The molecule has 0 aliphatic rings. The van der Waals surface area contributed by atoms with Crippen LogP contribution in [0.4, 0.5) is 26.3 Å². The van der Waals surface area contributed by atoms with E-state index in [1.807, 2.05) is 6.07 Å². The van der Waals surface area contributed by atoms with Crippen molar-refractivity contribution < 1.29 is 26.3 Å². The molecule has 2 aromatic carbocycles. The molecule has 3 rings (SSSR count). The van der Waals surface area contributed by atoms with Gasteiger partial charge in [-0.15, -0.1) is 0 Å². The van der Waals surface area contributed by atoms with Gasteiger partial charge >= 0.3 is 12.4 Å². The molecule has 10 heteroatoms. The molecule has 3 nitrogen and oxygen atoms in total. The standard InChI is InChI=1S/C15H9BF6.C5H5N3/c16-13(9-3-1-5-11(7-9)14(17,18)19)10-4-2-6-12(8-10)15(20,21)22;6-1-3-8-4-2-7-5-8/h1-8,13H;2,4-5H,3H2. The lowest BCUT2D eigenvalue weighted by atomic mass is 9.75. The Labute approximate surface area is 170 Å². The average Bonchev–Trinajstić information content (AvgIpc) is 3.20. The van der Waals surface area contributed by atoms with Crippen molar-refractivity contribution in [1.29, 1.82) is 5.26 Å². The number of benzene rings is 2. The summed E-state index contributed by atoms with van der Waals surface area (Å²) in [5, 5.41) is 8.14.